The van der Waals surface area contributed by atoms with Crippen molar-refractivity contribution in [3.05, 3.63) is 78.5 Å². The van der Waals surface area contributed by atoms with Crippen molar-refractivity contribution in [1.82, 2.24) is 4.98 Å². The van der Waals surface area contributed by atoms with Crippen molar-refractivity contribution in [3.63, 3.8) is 0 Å². The number of primary amides is 1. The van der Waals surface area contributed by atoms with Gasteiger partial charge in [-0.25, -0.2) is 4.98 Å². The molecule has 0 fully saturated rings. The molecule has 0 spiro atoms. The van der Waals surface area contributed by atoms with Gasteiger partial charge in [0.1, 0.15) is 5.69 Å². The number of hydrogen-bond acceptors (Lipinski definition) is 2. The highest BCUT2D eigenvalue weighted by atomic mass is 16.1. The average molecular weight is 302 g/mol. The maximum absolute atomic E-state index is 11.9. The molecule has 0 atom stereocenters. The Morgan fingerprint density at radius 1 is 1.04 bits per heavy atom. The molecule has 0 radical (unpaired) electrons. The summed E-state index contributed by atoms with van der Waals surface area (Å²) in [4.78, 5) is 16.6. The van der Waals surface area contributed by atoms with Gasteiger partial charge in [-0.3, -0.25) is 4.79 Å². The third-order valence-corrected chi connectivity index (χ3v) is 3.90. The molecular formula is C20H18N2O. The molecule has 0 saturated carbocycles. The van der Waals surface area contributed by atoms with Crippen LogP contribution in [0.25, 0.3) is 22.0 Å². The molecule has 1 amide bonds. The number of benzene rings is 2. The molecule has 3 aromatic rings. The zero-order chi connectivity index (χ0) is 16.2. The summed E-state index contributed by atoms with van der Waals surface area (Å²) in [5.74, 6) is -0.494. The van der Waals surface area contributed by atoms with Crippen LogP contribution in [0.2, 0.25) is 0 Å². The first kappa shape index (κ1) is 15.0. The minimum atomic E-state index is -0.494. The van der Waals surface area contributed by atoms with Crippen LogP contribution in [0, 0.1) is 0 Å². The van der Waals surface area contributed by atoms with Gasteiger partial charge in [0, 0.05) is 10.9 Å². The molecular weight excluding hydrogens is 284 g/mol. The number of nitrogens with two attached hydrogens (primary N) is 1. The molecule has 0 aliphatic rings. The van der Waals surface area contributed by atoms with E-state index >= 15 is 0 Å². The number of hydrogen-bond donors (Lipinski definition) is 1. The maximum Gasteiger partial charge on any atom is 0.267 e. The lowest BCUT2D eigenvalue weighted by molar-refractivity contribution is 0.0995. The Morgan fingerprint density at radius 2 is 1.70 bits per heavy atom. The molecule has 1 heterocycles. The smallest absolute Gasteiger partial charge is 0.267 e. The molecule has 0 unspecified atom stereocenters. The number of carbonyl (C=O) groups excluding carboxylic acids is 1. The molecule has 0 saturated heterocycles. The average Bonchev–Trinajstić information content (AvgIpc) is 2.59. The Labute approximate surface area is 135 Å². The fraction of sp³-hybridized carbons (Fsp3) is 0.100. The van der Waals surface area contributed by atoms with Crippen molar-refractivity contribution in [1.29, 1.82) is 0 Å². The third-order valence-electron chi connectivity index (χ3n) is 3.90. The standard InChI is InChI=1S/C20H18N2O/c1-2-3-11-17-15-12-7-8-13-16(15)18(22-19(17)20(21)23)14-9-5-4-6-10-14/h2,4-10,12-13H,1,3,11H2,(H2,21,23). The molecule has 1 aromatic heterocycles. The Bertz CT molecular complexity index is 869. The third kappa shape index (κ3) is 2.86. The van der Waals surface area contributed by atoms with E-state index in [1.807, 2.05) is 60.7 Å². The van der Waals surface area contributed by atoms with E-state index < -0.39 is 5.91 Å². The molecule has 2 N–H and O–H groups in total. The maximum atomic E-state index is 11.9. The van der Waals surface area contributed by atoms with Crippen LogP contribution < -0.4 is 5.73 Å². The van der Waals surface area contributed by atoms with Crippen molar-refractivity contribution >= 4 is 16.7 Å². The van der Waals surface area contributed by atoms with Gasteiger partial charge in [-0.15, -0.1) is 6.58 Å². The first-order valence-corrected chi connectivity index (χ1v) is 7.60. The van der Waals surface area contributed by atoms with Gasteiger partial charge in [0.05, 0.1) is 5.69 Å². The van der Waals surface area contributed by atoms with Crippen LogP contribution in [0.15, 0.2) is 67.3 Å². The van der Waals surface area contributed by atoms with Gasteiger partial charge in [-0.1, -0.05) is 60.7 Å². The number of amides is 1. The van der Waals surface area contributed by atoms with Crippen molar-refractivity contribution in [2.75, 3.05) is 0 Å². The highest BCUT2D eigenvalue weighted by Gasteiger charge is 2.17. The molecule has 3 nitrogen and oxygen atoms in total. The molecule has 2 aromatic carbocycles. The number of nitrogens with zero attached hydrogens (tertiary/aromatic N) is 1. The predicted octanol–water partition coefficient (Wildman–Crippen LogP) is 4.12. The van der Waals surface area contributed by atoms with Gasteiger partial charge in [0.2, 0.25) is 0 Å². The summed E-state index contributed by atoms with van der Waals surface area (Å²) < 4.78 is 0. The molecule has 0 bridgehead atoms. The minimum absolute atomic E-state index is 0.351. The van der Waals surface area contributed by atoms with Crippen molar-refractivity contribution in [3.8, 4) is 11.3 Å². The number of carbonyl (C=O) groups is 1. The van der Waals surface area contributed by atoms with E-state index in [0.29, 0.717) is 12.1 Å². The second kappa shape index (κ2) is 6.44. The van der Waals surface area contributed by atoms with Crippen LogP contribution in [-0.4, -0.2) is 10.9 Å². The van der Waals surface area contributed by atoms with Crippen LogP contribution in [0.5, 0.6) is 0 Å². The fourth-order valence-corrected chi connectivity index (χ4v) is 2.84. The Balaban J connectivity index is 2.34. The number of pyridine rings is 1. The summed E-state index contributed by atoms with van der Waals surface area (Å²) in [6, 6.07) is 17.9. The summed E-state index contributed by atoms with van der Waals surface area (Å²) in [5.41, 5.74) is 8.61. The van der Waals surface area contributed by atoms with E-state index in [9.17, 15) is 4.79 Å². The minimum Gasteiger partial charge on any atom is -0.364 e. The van der Waals surface area contributed by atoms with E-state index in [1.165, 1.54) is 0 Å². The van der Waals surface area contributed by atoms with Gasteiger partial charge in [-0.05, 0) is 23.8 Å². The van der Waals surface area contributed by atoms with Crippen molar-refractivity contribution < 1.29 is 4.79 Å². The van der Waals surface area contributed by atoms with Gasteiger partial charge in [0.25, 0.3) is 5.91 Å². The number of rotatable bonds is 5. The quantitative estimate of drug-likeness (QED) is 0.721. The van der Waals surface area contributed by atoms with Gasteiger partial charge >= 0.3 is 0 Å². The van der Waals surface area contributed by atoms with E-state index in [4.69, 9.17) is 5.73 Å². The topological polar surface area (TPSA) is 56.0 Å². The first-order valence-electron chi connectivity index (χ1n) is 7.60. The largest absolute Gasteiger partial charge is 0.364 e. The second-order valence-electron chi connectivity index (χ2n) is 5.39. The summed E-state index contributed by atoms with van der Waals surface area (Å²) in [7, 11) is 0. The highest BCUT2D eigenvalue weighted by molar-refractivity contribution is 6.03. The van der Waals surface area contributed by atoms with Crippen LogP contribution in [0.4, 0.5) is 0 Å². The zero-order valence-electron chi connectivity index (χ0n) is 12.8. The SMILES string of the molecule is C=CCCc1c(C(N)=O)nc(-c2ccccc2)c2ccccc12. The Hall–Kier alpha value is -2.94. The summed E-state index contributed by atoms with van der Waals surface area (Å²) in [6.45, 7) is 3.76. The van der Waals surface area contributed by atoms with E-state index in [-0.39, 0.29) is 0 Å². The lowest BCUT2D eigenvalue weighted by atomic mass is 9.95. The first-order chi connectivity index (χ1) is 11.2. The van der Waals surface area contributed by atoms with Crippen molar-refractivity contribution in [2.45, 2.75) is 12.8 Å². The lowest BCUT2D eigenvalue weighted by Crippen LogP contribution is -2.17. The molecule has 23 heavy (non-hydrogen) atoms. The Morgan fingerprint density at radius 3 is 2.35 bits per heavy atom. The van der Waals surface area contributed by atoms with E-state index in [1.54, 1.807) is 0 Å². The molecule has 0 aliphatic carbocycles. The Kier molecular flexibility index (Phi) is 4.20. The molecule has 3 rings (SSSR count). The number of allylic oxidation sites excluding steroid dienone is 1. The van der Waals surface area contributed by atoms with Crippen LogP contribution in [0.1, 0.15) is 22.5 Å². The second-order valence-corrected chi connectivity index (χ2v) is 5.39. The zero-order valence-corrected chi connectivity index (χ0v) is 12.8. The molecule has 114 valence electrons. The highest BCUT2D eigenvalue weighted by Crippen LogP contribution is 2.31. The van der Waals surface area contributed by atoms with E-state index in [2.05, 4.69) is 11.6 Å². The number of fused-ring (bicyclic) bond motifs is 1. The van der Waals surface area contributed by atoms with Crippen LogP contribution in [0.3, 0.4) is 0 Å². The molecule has 3 heteroatoms. The number of aryl methyl sites for hydroxylation is 1. The summed E-state index contributed by atoms with van der Waals surface area (Å²) in [6.07, 6.45) is 3.31. The van der Waals surface area contributed by atoms with E-state index in [0.717, 1.165) is 34.0 Å². The van der Waals surface area contributed by atoms with Gasteiger partial charge < -0.3 is 5.73 Å². The van der Waals surface area contributed by atoms with Crippen molar-refractivity contribution in [2.24, 2.45) is 5.73 Å². The summed E-state index contributed by atoms with van der Waals surface area (Å²) in [5, 5.41) is 2.06. The summed E-state index contributed by atoms with van der Waals surface area (Å²) >= 11 is 0. The van der Waals surface area contributed by atoms with Gasteiger partial charge in [0.15, 0.2) is 0 Å². The van der Waals surface area contributed by atoms with Crippen LogP contribution in [-0.2, 0) is 6.42 Å². The fourth-order valence-electron chi connectivity index (χ4n) is 2.84. The van der Waals surface area contributed by atoms with Gasteiger partial charge in [-0.2, -0.15) is 0 Å². The molecule has 0 aliphatic heterocycles. The lowest BCUT2D eigenvalue weighted by Gasteiger charge is -2.14. The normalized spacial score (nSPS) is 10.6. The monoisotopic (exact) mass is 302 g/mol. The number of aromatic nitrogens is 1. The predicted molar refractivity (Wildman–Crippen MR) is 94.2 cm³/mol. The van der Waals surface area contributed by atoms with Crippen LogP contribution >= 0.6 is 0 Å².